The van der Waals surface area contributed by atoms with Crippen LogP contribution in [-0.4, -0.2) is 0 Å². The van der Waals surface area contributed by atoms with Gasteiger partial charge in [-0.2, -0.15) is 0 Å². The molecule has 1 aromatic heterocycles. The summed E-state index contributed by atoms with van der Waals surface area (Å²) in [5.41, 5.74) is 16.5. The van der Waals surface area contributed by atoms with E-state index < -0.39 is 5.41 Å². The summed E-state index contributed by atoms with van der Waals surface area (Å²) in [6.07, 6.45) is 0. The average molecular weight is 778 g/mol. The molecule has 10 aromatic carbocycles. The molecule has 0 saturated carbocycles. The third kappa shape index (κ3) is 5.50. The zero-order valence-electron chi connectivity index (χ0n) is 33.4. The van der Waals surface area contributed by atoms with Gasteiger partial charge in [-0.05, 0) is 97.7 Å². The van der Waals surface area contributed by atoms with Crippen molar-refractivity contribution in [2.45, 2.75) is 5.41 Å². The Morgan fingerprint density at radius 3 is 1.77 bits per heavy atom. The monoisotopic (exact) mass is 777 g/mol. The summed E-state index contributed by atoms with van der Waals surface area (Å²) in [7, 11) is 0. The van der Waals surface area contributed by atoms with Gasteiger partial charge in [0.2, 0.25) is 0 Å². The minimum atomic E-state index is -0.546. The quantitative estimate of drug-likeness (QED) is 0.160. The molecule has 1 aliphatic rings. The maximum atomic E-state index is 6.43. The Kier molecular flexibility index (Phi) is 8.11. The van der Waals surface area contributed by atoms with Crippen LogP contribution in [0.3, 0.4) is 0 Å². The van der Waals surface area contributed by atoms with Crippen LogP contribution >= 0.6 is 0 Å². The van der Waals surface area contributed by atoms with E-state index in [0.29, 0.717) is 0 Å². The fraction of sp³-hybridized carbons (Fsp3) is 0.0169. The molecule has 0 N–H and O–H groups in total. The molecular formula is C59H39NO. The third-order valence-corrected chi connectivity index (χ3v) is 12.7. The Hall–Kier alpha value is -7.94. The number of para-hydroxylation sites is 1. The van der Waals surface area contributed by atoms with Gasteiger partial charge in [0, 0.05) is 27.6 Å². The van der Waals surface area contributed by atoms with Gasteiger partial charge in [0.1, 0.15) is 11.2 Å². The molecular weight excluding hydrogens is 739 g/mol. The molecule has 0 spiro atoms. The minimum absolute atomic E-state index is 0.546. The SMILES string of the molecule is c1ccc(-c2ccc(-c3ccc4ccccc4c3)cc2N(c2ccc3oc4ccccc4c3c2)c2cccc3c2-c2ccccc2C3(c2ccccc2)c2ccccc2)cc1. The van der Waals surface area contributed by atoms with Gasteiger partial charge < -0.3 is 9.32 Å². The highest BCUT2D eigenvalue weighted by Gasteiger charge is 2.47. The van der Waals surface area contributed by atoms with Crippen LogP contribution < -0.4 is 4.90 Å². The zero-order chi connectivity index (χ0) is 40.3. The van der Waals surface area contributed by atoms with E-state index in [1.165, 1.54) is 49.7 Å². The number of rotatable bonds is 7. The highest BCUT2D eigenvalue weighted by molar-refractivity contribution is 6.08. The van der Waals surface area contributed by atoms with Crippen molar-refractivity contribution < 1.29 is 4.42 Å². The summed E-state index contributed by atoms with van der Waals surface area (Å²) in [6, 6.07) is 86.3. The molecule has 1 heterocycles. The first-order chi connectivity index (χ1) is 30.3. The average Bonchev–Trinajstić information content (AvgIpc) is 3.86. The molecule has 0 aliphatic heterocycles. The van der Waals surface area contributed by atoms with Gasteiger partial charge in [0.25, 0.3) is 0 Å². The van der Waals surface area contributed by atoms with Crippen LogP contribution in [0.1, 0.15) is 22.3 Å². The molecule has 2 heteroatoms. The van der Waals surface area contributed by atoms with Crippen LogP contribution in [0.15, 0.2) is 241 Å². The van der Waals surface area contributed by atoms with Crippen molar-refractivity contribution in [1.29, 1.82) is 0 Å². The largest absolute Gasteiger partial charge is 0.456 e. The Morgan fingerprint density at radius 2 is 0.967 bits per heavy atom. The number of fused-ring (bicyclic) bond motifs is 7. The maximum absolute atomic E-state index is 6.43. The molecule has 0 atom stereocenters. The summed E-state index contributed by atoms with van der Waals surface area (Å²) in [5, 5.41) is 4.64. The minimum Gasteiger partial charge on any atom is -0.456 e. The molecule has 0 radical (unpaired) electrons. The number of hydrogen-bond donors (Lipinski definition) is 0. The molecule has 0 amide bonds. The van der Waals surface area contributed by atoms with E-state index in [9.17, 15) is 0 Å². The summed E-state index contributed by atoms with van der Waals surface area (Å²) < 4.78 is 6.43. The Balaban J connectivity index is 1.20. The van der Waals surface area contributed by atoms with E-state index in [4.69, 9.17) is 4.42 Å². The van der Waals surface area contributed by atoms with Gasteiger partial charge in [0.15, 0.2) is 0 Å². The fourth-order valence-corrected chi connectivity index (χ4v) is 10.0. The molecule has 0 saturated heterocycles. The zero-order valence-corrected chi connectivity index (χ0v) is 33.4. The van der Waals surface area contributed by atoms with Crippen LogP contribution in [0, 0.1) is 0 Å². The van der Waals surface area contributed by atoms with Crippen LogP contribution in [0.25, 0.3) is 66.1 Å². The van der Waals surface area contributed by atoms with E-state index in [2.05, 4.69) is 235 Å². The second-order valence-electron chi connectivity index (χ2n) is 16.0. The normalized spacial score (nSPS) is 12.7. The molecule has 61 heavy (non-hydrogen) atoms. The number of hydrogen-bond acceptors (Lipinski definition) is 2. The second kappa shape index (κ2) is 14.1. The Labute approximate surface area is 355 Å². The highest BCUT2D eigenvalue weighted by Crippen LogP contribution is 2.60. The van der Waals surface area contributed by atoms with E-state index >= 15 is 0 Å². The van der Waals surface area contributed by atoms with Gasteiger partial charge in [0.05, 0.1) is 16.8 Å². The van der Waals surface area contributed by atoms with Crippen molar-refractivity contribution in [2.24, 2.45) is 0 Å². The predicted molar refractivity (Wildman–Crippen MR) is 254 cm³/mol. The highest BCUT2D eigenvalue weighted by atomic mass is 16.3. The molecule has 2 nitrogen and oxygen atoms in total. The molecule has 0 fully saturated rings. The summed E-state index contributed by atoms with van der Waals surface area (Å²) >= 11 is 0. The van der Waals surface area contributed by atoms with Gasteiger partial charge in [-0.25, -0.2) is 0 Å². The predicted octanol–water partition coefficient (Wildman–Crippen LogP) is 15.9. The number of benzene rings is 10. The van der Waals surface area contributed by atoms with Crippen molar-refractivity contribution >= 4 is 49.8 Å². The second-order valence-corrected chi connectivity index (χ2v) is 16.0. The topological polar surface area (TPSA) is 16.4 Å². The van der Waals surface area contributed by atoms with Crippen LogP contribution in [0.4, 0.5) is 17.1 Å². The molecule has 0 unspecified atom stereocenters. The van der Waals surface area contributed by atoms with E-state index in [0.717, 1.165) is 55.7 Å². The first-order valence-corrected chi connectivity index (χ1v) is 21.0. The lowest BCUT2D eigenvalue weighted by Crippen LogP contribution is -2.28. The first-order valence-electron chi connectivity index (χ1n) is 21.0. The Bertz CT molecular complexity index is 3380. The van der Waals surface area contributed by atoms with Gasteiger partial charge in [-0.1, -0.05) is 194 Å². The van der Waals surface area contributed by atoms with Crippen LogP contribution in [0.5, 0.6) is 0 Å². The first kappa shape index (κ1) is 35.0. The van der Waals surface area contributed by atoms with Crippen molar-refractivity contribution in [3.05, 3.63) is 259 Å². The molecule has 11 aromatic rings. The van der Waals surface area contributed by atoms with Gasteiger partial charge in [-0.15, -0.1) is 0 Å². The van der Waals surface area contributed by atoms with Crippen molar-refractivity contribution in [2.75, 3.05) is 4.90 Å². The lowest BCUT2D eigenvalue weighted by Gasteiger charge is -2.34. The Morgan fingerprint density at radius 1 is 0.344 bits per heavy atom. The van der Waals surface area contributed by atoms with Crippen molar-refractivity contribution in [3.8, 4) is 33.4 Å². The maximum Gasteiger partial charge on any atom is 0.135 e. The standard InChI is InChI=1S/C59H39NO/c1-4-18-41(19-5-1)48-35-33-44(43-32-31-40-17-10-11-20-42(40)37-43)38-55(48)60(47-34-36-57-51(39-47)49-25-13-15-30-56(49)61-57)54-29-16-28-53-58(54)50-26-12-14-27-52(50)59(53,45-21-6-2-7-22-45)46-23-8-3-9-24-46/h1-39H. The number of anilines is 3. The lowest BCUT2D eigenvalue weighted by molar-refractivity contribution is 0.669. The molecule has 1 aliphatic carbocycles. The van der Waals surface area contributed by atoms with E-state index in [-0.39, 0.29) is 0 Å². The lowest BCUT2D eigenvalue weighted by atomic mass is 9.68. The van der Waals surface area contributed by atoms with E-state index in [1.54, 1.807) is 0 Å². The van der Waals surface area contributed by atoms with Crippen LogP contribution in [0.2, 0.25) is 0 Å². The van der Waals surface area contributed by atoms with E-state index in [1.807, 2.05) is 6.07 Å². The summed E-state index contributed by atoms with van der Waals surface area (Å²) in [6.45, 7) is 0. The van der Waals surface area contributed by atoms with Crippen molar-refractivity contribution in [3.63, 3.8) is 0 Å². The smallest absolute Gasteiger partial charge is 0.135 e. The fourth-order valence-electron chi connectivity index (χ4n) is 10.0. The summed E-state index contributed by atoms with van der Waals surface area (Å²) in [5.74, 6) is 0. The molecule has 0 bridgehead atoms. The molecule has 286 valence electrons. The van der Waals surface area contributed by atoms with Crippen LogP contribution in [-0.2, 0) is 5.41 Å². The molecule has 12 rings (SSSR count). The van der Waals surface area contributed by atoms with Gasteiger partial charge in [-0.3, -0.25) is 0 Å². The number of nitrogens with zero attached hydrogens (tertiary/aromatic N) is 1. The number of furan rings is 1. The summed E-state index contributed by atoms with van der Waals surface area (Å²) in [4.78, 5) is 2.51. The van der Waals surface area contributed by atoms with Gasteiger partial charge >= 0.3 is 0 Å². The third-order valence-electron chi connectivity index (χ3n) is 12.7. The van der Waals surface area contributed by atoms with Crippen molar-refractivity contribution in [1.82, 2.24) is 0 Å².